The molecule has 0 amide bonds. The van der Waals surface area contributed by atoms with Crippen LogP contribution in [0.2, 0.25) is 0 Å². The van der Waals surface area contributed by atoms with E-state index >= 15 is 0 Å². The van der Waals surface area contributed by atoms with Crippen molar-refractivity contribution in [2.45, 2.75) is 25.7 Å². The summed E-state index contributed by atoms with van der Waals surface area (Å²) in [6.45, 7) is 2.41. The Morgan fingerprint density at radius 1 is 1.19 bits per heavy atom. The van der Waals surface area contributed by atoms with Crippen molar-refractivity contribution < 1.29 is 18.0 Å². The Hall–Kier alpha value is -1.96. The minimum atomic E-state index is -3.17. The Bertz CT molecular complexity index is 626. The molecule has 0 spiro atoms. The number of hydrogen-bond donors (Lipinski definition) is 0. The SMILES string of the molecule is Cc1ccnc(-c2noc(C(F)(F)C3CCOCC3)n2)n1. The monoisotopic (exact) mass is 296 g/mol. The Morgan fingerprint density at radius 3 is 2.67 bits per heavy atom. The van der Waals surface area contributed by atoms with Crippen LogP contribution in [0, 0.1) is 12.8 Å². The molecule has 112 valence electrons. The molecule has 1 aliphatic heterocycles. The van der Waals surface area contributed by atoms with E-state index in [9.17, 15) is 8.78 Å². The predicted molar refractivity (Wildman–Crippen MR) is 67.5 cm³/mol. The maximum absolute atomic E-state index is 14.4. The van der Waals surface area contributed by atoms with Crippen LogP contribution in [0.3, 0.4) is 0 Å². The van der Waals surface area contributed by atoms with E-state index in [-0.39, 0.29) is 24.5 Å². The van der Waals surface area contributed by atoms with Gasteiger partial charge in [-0.25, -0.2) is 9.97 Å². The lowest BCUT2D eigenvalue weighted by molar-refractivity contribution is -0.121. The maximum Gasteiger partial charge on any atom is 0.328 e. The number of ether oxygens (including phenoxy) is 1. The highest BCUT2D eigenvalue weighted by Crippen LogP contribution is 2.40. The first kappa shape index (κ1) is 14.0. The fourth-order valence-corrected chi connectivity index (χ4v) is 2.24. The highest BCUT2D eigenvalue weighted by molar-refractivity contribution is 5.41. The van der Waals surface area contributed by atoms with Gasteiger partial charge in [0.1, 0.15) is 0 Å². The number of rotatable bonds is 3. The zero-order chi connectivity index (χ0) is 14.9. The number of halogens is 2. The highest BCUT2D eigenvalue weighted by Gasteiger charge is 2.47. The van der Waals surface area contributed by atoms with Crippen LogP contribution in [0.1, 0.15) is 24.4 Å². The molecule has 21 heavy (non-hydrogen) atoms. The van der Waals surface area contributed by atoms with Gasteiger partial charge in [0.15, 0.2) is 0 Å². The van der Waals surface area contributed by atoms with Gasteiger partial charge in [-0.15, -0.1) is 0 Å². The van der Waals surface area contributed by atoms with E-state index in [0.29, 0.717) is 18.9 Å². The molecule has 0 aliphatic carbocycles. The van der Waals surface area contributed by atoms with Gasteiger partial charge in [-0.2, -0.15) is 13.8 Å². The van der Waals surface area contributed by atoms with Crippen molar-refractivity contribution in [3.05, 3.63) is 23.8 Å². The summed E-state index contributed by atoms with van der Waals surface area (Å²) < 4.78 is 38.6. The molecule has 2 aromatic heterocycles. The van der Waals surface area contributed by atoms with E-state index in [1.807, 2.05) is 0 Å². The number of alkyl halides is 2. The van der Waals surface area contributed by atoms with Gasteiger partial charge >= 0.3 is 5.92 Å². The summed E-state index contributed by atoms with van der Waals surface area (Å²) in [4.78, 5) is 11.8. The lowest BCUT2D eigenvalue weighted by Crippen LogP contribution is -2.31. The molecule has 0 saturated carbocycles. The summed E-state index contributed by atoms with van der Waals surface area (Å²) in [6.07, 6.45) is 2.06. The van der Waals surface area contributed by atoms with Gasteiger partial charge < -0.3 is 9.26 Å². The van der Waals surface area contributed by atoms with Crippen molar-refractivity contribution in [2.24, 2.45) is 5.92 Å². The predicted octanol–water partition coefficient (Wildman–Crippen LogP) is 2.35. The smallest absolute Gasteiger partial charge is 0.328 e. The fraction of sp³-hybridized carbons (Fsp3) is 0.538. The van der Waals surface area contributed by atoms with Crippen molar-refractivity contribution >= 4 is 0 Å². The summed E-state index contributed by atoms with van der Waals surface area (Å²) >= 11 is 0. The van der Waals surface area contributed by atoms with Crippen LogP contribution >= 0.6 is 0 Å². The van der Waals surface area contributed by atoms with Gasteiger partial charge in [-0.3, -0.25) is 0 Å². The zero-order valence-corrected chi connectivity index (χ0v) is 11.4. The van der Waals surface area contributed by atoms with E-state index in [1.54, 1.807) is 13.0 Å². The largest absolute Gasteiger partial charge is 0.381 e. The van der Waals surface area contributed by atoms with Crippen molar-refractivity contribution in [1.29, 1.82) is 0 Å². The average molecular weight is 296 g/mol. The molecule has 6 nitrogen and oxygen atoms in total. The molecule has 0 aromatic carbocycles. The highest BCUT2D eigenvalue weighted by atomic mass is 19.3. The molecule has 2 aromatic rings. The van der Waals surface area contributed by atoms with Crippen LogP contribution < -0.4 is 0 Å². The Balaban J connectivity index is 1.86. The number of hydrogen-bond acceptors (Lipinski definition) is 6. The van der Waals surface area contributed by atoms with Gasteiger partial charge in [0.05, 0.1) is 0 Å². The molecule has 0 unspecified atom stereocenters. The zero-order valence-electron chi connectivity index (χ0n) is 11.4. The molecular formula is C13H14F2N4O2. The lowest BCUT2D eigenvalue weighted by Gasteiger charge is -2.27. The van der Waals surface area contributed by atoms with E-state index in [4.69, 9.17) is 9.26 Å². The first-order chi connectivity index (χ1) is 10.1. The topological polar surface area (TPSA) is 73.9 Å². The Labute approximate surface area is 119 Å². The van der Waals surface area contributed by atoms with Crippen LogP contribution in [-0.4, -0.2) is 33.3 Å². The lowest BCUT2D eigenvalue weighted by atomic mass is 9.93. The maximum atomic E-state index is 14.4. The van der Waals surface area contributed by atoms with Crippen LogP contribution in [0.15, 0.2) is 16.8 Å². The number of aryl methyl sites for hydroxylation is 1. The van der Waals surface area contributed by atoms with Crippen LogP contribution in [0.25, 0.3) is 11.6 Å². The first-order valence-corrected chi connectivity index (χ1v) is 6.67. The van der Waals surface area contributed by atoms with Crippen LogP contribution in [-0.2, 0) is 10.7 Å². The Morgan fingerprint density at radius 2 is 1.95 bits per heavy atom. The van der Waals surface area contributed by atoms with Crippen molar-refractivity contribution in [3.8, 4) is 11.6 Å². The second kappa shape index (κ2) is 5.44. The minimum Gasteiger partial charge on any atom is -0.381 e. The third-order valence-electron chi connectivity index (χ3n) is 3.44. The average Bonchev–Trinajstić information content (AvgIpc) is 2.99. The van der Waals surface area contributed by atoms with Crippen LogP contribution in [0.4, 0.5) is 8.78 Å². The molecule has 0 atom stereocenters. The van der Waals surface area contributed by atoms with Gasteiger partial charge in [0.25, 0.3) is 5.89 Å². The molecule has 3 rings (SSSR count). The van der Waals surface area contributed by atoms with Gasteiger partial charge in [-0.05, 0) is 25.8 Å². The third kappa shape index (κ3) is 2.76. The fourth-order valence-electron chi connectivity index (χ4n) is 2.24. The second-order valence-electron chi connectivity index (χ2n) is 4.95. The summed E-state index contributed by atoms with van der Waals surface area (Å²) in [5.41, 5.74) is 0.697. The quantitative estimate of drug-likeness (QED) is 0.865. The molecule has 1 fully saturated rings. The molecule has 0 bridgehead atoms. The van der Waals surface area contributed by atoms with Crippen molar-refractivity contribution in [2.75, 3.05) is 13.2 Å². The number of nitrogens with zero attached hydrogens (tertiary/aromatic N) is 4. The van der Waals surface area contributed by atoms with Gasteiger partial charge in [0.2, 0.25) is 11.6 Å². The van der Waals surface area contributed by atoms with Gasteiger partial charge in [-0.1, -0.05) is 5.16 Å². The first-order valence-electron chi connectivity index (χ1n) is 6.67. The summed E-state index contributed by atoms with van der Waals surface area (Å²) in [7, 11) is 0. The molecule has 3 heterocycles. The van der Waals surface area contributed by atoms with E-state index in [1.165, 1.54) is 6.20 Å². The number of aromatic nitrogens is 4. The summed E-state index contributed by atoms with van der Waals surface area (Å²) in [5, 5.41) is 3.57. The third-order valence-corrected chi connectivity index (χ3v) is 3.44. The molecular weight excluding hydrogens is 282 g/mol. The normalized spacial score (nSPS) is 17.1. The van der Waals surface area contributed by atoms with Crippen LogP contribution in [0.5, 0.6) is 0 Å². The summed E-state index contributed by atoms with van der Waals surface area (Å²) in [6, 6.07) is 1.70. The molecule has 1 aliphatic rings. The van der Waals surface area contributed by atoms with E-state index in [2.05, 4.69) is 20.1 Å². The molecule has 0 N–H and O–H groups in total. The second-order valence-corrected chi connectivity index (χ2v) is 4.95. The van der Waals surface area contributed by atoms with Crippen molar-refractivity contribution in [3.63, 3.8) is 0 Å². The Kier molecular flexibility index (Phi) is 3.62. The minimum absolute atomic E-state index is 0.0274. The summed E-state index contributed by atoms with van der Waals surface area (Å²) in [5.74, 6) is -4.56. The standard InChI is InChI=1S/C13H14F2N4O2/c1-8-2-5-16-10(17-8)11-18-12(21-19-11)13(14,15)9-3-6-20-7-4-9/h2,5,9H,3-4,6-7H2,1H3. The van der Waals surface area contributed by atoms with Gasteiger partial charge in [0, 0.05) is 31.0 Å². The molecule has 8 heteroatoms. The van der Waals surface area contributed by atoms with E-state index in [0.717, 1.165) is 0 Å². The molecule has 0 radical (unpaired) electrons. The molecule has 1 saturated heterocycles. The van der Waals surface area contributed by atoms with Crippen molar-refractivity contribution in [1.82, 2.24) is 20.1 Å². The van der Waals surface area contributed by atoms with E-state index < -0.39 is 17.7 Å².